The van der Waals surface area contributed by atoms with E-state index in [1.54, 1.807) is 0 Å². The van der Waals surface area contributed by atoms with Gasteiger partial charge in [-0.25, -0.2) is 0 Å². The van der Waals surface area contributed by atoms with Gasteiger partial charge in [-0.15, -0.1) is 0 Å². The van der Waals surface area contributed by atoms with Crippen LogP contribution in [0.5, 0.6) is 11.5 Å². The van der Waals surface area contributed by atoms with Crippen molar-refractivity contribution in [3.8, 4) is 22.6 Å². The lowest BCUT2D eigenvalue weighted by atomic mass is 10.0. The summed E-state index contributed by atoms with van der Waals surface area (Å²) in [5, 5.41) is 0. The first-order valence-electron chi connectivity index (χ1n) is 11.1. The van der Waals surface area contributed by atoms with E-state index in [0.717, 1.165) is 41.0 Å². The maximum absolute atomic E-state index is 6.17. The van der Waals surface area contributed by atoms with Gasteiger partial charge in [-0.1, -0.05) is 84.9 Å². The van der Waals surface area contributed by atoms with E-state index in [9.17, 15) is 0 Å². The van der Waals surface area contributed by atoms with E-state index in [0.29, 0.717) is 19.8 Å². The van der Waals surface area contributed by atoms with Gasteiger partial charge in [-0.05, 0) is 59.8 Å². The summed E-state index contributed by atoms with van der Waals surface area (Å²) in [4.78, 5) is 0. The molecule has 0 bridgehead atoms. The highest BCUT2D eigenvalue weighted by Gasteiger charge is 2.06. The van der Waals surface area contributed by atoms with Gasteiger partial charge in [-0.3, -0.25) is 0 Å². The lowest BCUT2D eigenvalue weighted by Crippen LogP contribution is -2.06. The smallest absolute Gasteiger partial charge is 0.127 e. The van der Waals surface area contributed by atoms with Crippen LogP contribution in [0.15, 0.2) is 103 Å². The number of hydrogen-bond acceptors (Lipinski definition) is 3. The summed E-state index contributed by atoms with van der Waals surface area (Å²) in [6.45, 7) is 1.85. The van der Waals surface area contributed by atoms with Crippen molar-refractivity contribution in [1.82, 2.24) is 0 Å². The van der Waals surface area contributed by atoms with E-state index in [-0.39, 0.29) is 0 Å². The molecule has 0 spiro atoms. The molecule has 0 aliphatic rings. The molecular formula is C29H29NO2. The van der Waals surface area contributed by atoms with Crippen molar-refractivity contribution in [2.24, 2.45) is 5.73 Å². The highest BCUT2D eigenvalue weighted by Crippen LogP contribution is 2.30. The molecule has 0 aliphatic carbocycles. The summed E-state index contributed by atoms with van der Waals surface area (Å²) in [5.41, 5.74) is 11.5. The number of benzene rings is 4. The summed E-state index contributed by atoms with van der Waals surface area (Å²) in [6.07, 6.45) is 1.76. The molecule has 0 fully saturated rings. The highest BCUT2D eigenvalue weighted by molar-refractivity contribution is 5.70. The third-order valence-electron chi connectivity index (χ3n) is 5.34. The molecule has 0 atom stereocenters. The molecule has 2 N–H and O–H groups in total. The van der Waals surface area contributed by atoms with E-state index >= 15 is 0 Å². The van der Waals surface area contributed by atoms with Crippen LogP contribution in [0.1, 0.15) is 23.1 Å². The van der Waals surface area contributed by atoms with Crippen LogP contribution >= 0.6 is 0 Å². The minimum Gasteiger partial charge on any atom is -0.494 e. The zero-order valence-electron chi connectivity index (χ0n) is 18.2. The second kappa shape index (κ2) is 11.2. The van der Waals surface area contributed by atoms with Gasteiger partial charge in [0.2, 0.25) is 0 Å². The van der Waals surface area contributed by atoms with Crippen LogP contribution in [0, 0.1) is 0 Å². The molecule has 0 amide bonds. The molecule has 4 rings (SSSR count). The average Bonchev–Trinajstić information content (AvgIpc) is 2.86. The maximum Gasteiger partial charge on any atom is 0.127 e. The molecule has 0 saturated carbocycles. The van der Waals surface area contributed by atoms with Gasteiger partial charge in [0.25, 0.3) is 0 Å². The molecular weight excluding hydrogens is 394 g/mol. The zero-order valence-corrected chi connectivity index (χ0v) is 18.2. The predicted molar refractivity (Wildman–Crippen MR) is 131 cm³/mol. The van der Waals surface area contributed by atoms with Crippen LogP contribution in [-0.4, -0.2) is 13.2 Å². The zero-order chi connectivity index (χ0) is 22.0. The van der Waals surface area contributed by atoms with E-state index in [1.807, 2.05) is 48.5 Å². The summed E-state index contributed by atoms with van der Waals surface area (Å²) < 4.78 is 11.8. The van der Waals surface area contributed by atoms with Crippen molar-refractivity contribution in [2.45, 2.75) is 19.4 Å². The van der Waals surface area contributed by atoms with Crippen molar-refractivity contribution in [1.29, 1.82) is 0 Å². The highest BCUT2D eigenvalue weighted by atomic mass is 16.5. The van der Waals surface area contributed by atoms with Gasteiger partial charge >= 0.3 is 0 Å². The van der Waals surface area contributed by atoms with Gasteiger partial charge in [0.05, 0.1) is 6.61 Å². The van der Waals surface area contributed by atoms with Crippen LogP contribution in [0.4, 0.5) is 0 Å². The molecule has 4 aromatic rings. The molecule has 0 aliphatic heterocycles. The average molecular weight is 424 g/mol. The molecule has 4 aromatic carbocycles. The predicted octanol–water partition coefficient (Wildman–Crippen LogP) is 6.25. The Hall–Kier alpha value is -3.56. The Morgan fingerprint density at radius 2 is 1.22 bits per heavy atom. The molecule has 3 heteroatoms. The SMILES string of the molecule is NCCCOc1ccc(Cc2ccc(COc3ccccc3-c3ccccc3)cc2)cc1. The number of ether oxygens (including phenoxy) is 2. The van der Waals surface area contributed by atoms with Gasteiger partial charge in [0, 0.05) is 5.56 Å². The summed E-state index contributed by atoms with van der Waals surface area (Å²) in [6, 6.07) is 35.5. The summed E-state index contributed by atoms with van der Waals surface area (Å²) in [5.74, 6) is 1.79. The Morgan fingerprint density at radius 3 is 1.94 bits per heavy atom. The van der Waals surface area contributed by atoms with Crippen LogP contribution < -0.4 is 15.2 Å². The Labute approximate surface area is 190 Å². The standard InChI is InChI=1S/C29H29NO2/c30-19-6-20-31-27-17-15-24(16-18-27)21-23-11-13-25(14-12-23)22-32-29-10-5-4-9-28(29)26-7-2-1-3-8-26/h1-5,7-18H,6,19-22,30H2. The van der Waals surface area contributed by atoms with Crippen LogP contribution in [0.25, 0.3) is 11.1 Å². The minimum absolute atomic E-state index is 0.541. The first-order valence-corrected chi connectivity index (χ1v) is 11.1. The number of para-hydroxylation sites is 1. The molecule has 0 aromatic heterocycles. The van der Waals surface area contributed by atoms with Crippen molar-refractivity contribution >= 4 is 0 Å². The maximum atomic E-state index is 6.17. The van der Waals surface area contributed by atoms with E-state index in [4.69, 9.17) is 15.2 Å². The Morgan fingerprint density at radius 1 is 0.594 bits per heavy atom. The number of hydrogen-bond donors (Lipinski definition) is 1. The van der Waals surface area contributed by atoms with E-state index < -0.39 is 0 Å². The van der Waals surface area contributed by atoms with Gasteiger partial charge in [-0.2, -0.15) is 0 Å². The second-order valence-electron chi connectivity index (χ2n) is 7.78. The topological polar surface area (TPSA) is 44.5 Å². The van der Waals surface area contributed by atoms with Crippen molar-refractivity contribution < 1.29 is 9.47 Å². The lowest BCUT2D eigenvalue weighted by molar-refractivity contribution is 0.307. The Kier molecular flexibility index (Phi) is 7.56. The number of nitrogens with two attached hydrogens (primary N) is 1. The minimum atomic E-state index is 0.541. The van der Waals surface area contributed by atoms with Crippen molar-refractivity contribution in [3.63, 3.8) is 0 Å². The fourth-order valence-corrected chi connectivity index (χ4v) is 3.58. The largest absolute Gasteiger partial charge is 0.494 e. The third-order valence-corrected chi connectivity index (χ3v) is 5.34. The quantitative estimate of drug-likeness (QED) is 0.307. The Balaban J connectivity index is 1.34. The molecule has 162 valence electrons. The molecule has 3 nitrogen and oxygen atoms in total. The molecule has 32 heavy (non-hydrogen) atoms. The second-order valence-corrected chi connectivity index (χ2v) is 7.78. The monoisotopic (exact) mass is 423 g/mol. The van der Waals surface area contributed by atoms with Gasteiger partial charge in [0.15, 0.2) is 0 Å². The van der Waals surface area contributed by atoms with Gasteiger partial charge < -0.3 is 15.2 Å². The van der Waals surface area contributed by atoms with Crippen LogP contribution in [0.3, 0.4) is 0 Å². The van der Waals surface area contributed by atoms with Crippen LogP contribution in [-0.2, 0) is 13.0 Å². The van der Waals surface area contributed by atoms with Crippen molar-refractivity contribution in [2.75, 3.05) is 13.2 Å². The Bertz CT molecular complexity index is 1090. The van der Waals surface area contributed by atoms with E-state index in [2.05, 4.69) is 54.6 Å². The van der Waals surface area contributed by atoms with Crippen LogP contribution in [0.2, 0.25) is 0 Å². The molecule has 0 radical (unpaired) electrons. The number of rotatable bonds is 10. The fourth-order valence-electron chi connectivity index (χ4n) is 3.58. The van der Waals surface area contributed by atoms with Gasteiger partial charge in [0.1, 0.15) is 18.1 Å². The van der Waals surface area contributed by atoms with Crippen molar-refractivity contribution in [3.05, 3.63) is 120 Å². The first-order chi connectivity index (χ1) is 15.8. The lowest BCUT2D eigenvalue weighted by Gasteiger charge is -2.12. The molecule has 0 heterocycles. The fraction of sp³-hybridized carbons (Fsp3) is 0.172. The molecule has 0 saturated heterocycles. The first kappa shape index (κ1) is 21.7. The normalized spacial score (nSPS) is 10.7. The van der Waals surface area contributed by atoms with E-state index in [1.165, 1.54) is 11.1 Å². The summed E-state index contributed by atoms with van der Waals surface area (Å²) in [7, 11) is 0. The third kappa shape index (κ3) is 5.99. The molecule has 0 unspecified atom stereocenters. The summed E-state index contributed by atoms with van der Waals surface area (Å²) >= 11 is 0.